The third-order valence-electron chi connectivity index (χ3n) is 3.38. The van der Waals surface area contributed by atoms with Crippen molar-refractivity contribution in [1.29, 1.82) is 0 Å². The maximum atomic E-state index is 12.4. The van der Waals surface area contributed by atoms with Gasteiger partial charge in [0, 0.05) is 18.1 Å². The molecule has 1 N–H and O–H groups in total. The van der Waals surface area contributed by atoms with Crippen molar-refractivity contribution in [2.75, 3.05) is 7.11 Å². The molecular formula is C16H16ClN3O4. The van der Waals surface area contributed by atoms with Crippen molar-refractivity contribution in [3.63, 3.8) is 0 Å². The predicted molar refractivity (Wildman–Crippen MR) is 87.8 cm³/mol. The van der Waals surface area contributed by atoms with Crippen LogP contribution < -0.4 is 10.9 Å². The third kappa shape index (κ3) is 4.20. The molecule has 0 radical (unpaired) electrons. The molecule has 0 spiro atoms. The monoisotopic (exact) mass is 349 g/mol. The second-order valence-corrected chi connectivity index (χ2v) is 5.42. The summed E-state index contributed by atoms with van der Waals surface area (Å²) >= 11 is 6.16. The van der Waals surface area contributed by atoms with Gasteiger partial charge in [0.05, 0.1) is 19.6 Å². The molecule has 0 aliphatic heterocycles. The number of nitrogens with one attached hydrogen (secondary N) is 1. The van der Waals surface area contributed by atoms with Gasteiger partial charge in [-0.1, -0.05) is 29.8 Å². The Balaban J connectivity index is 2.29. The largest absolute Gasteiger partial charge is 0.469 e. The Morgan fingerprint density at radius 2 is 2.00 bits per heavy atom. The van der Waals surface area contributed by atoms with Crippen LogP contribution in [0, 0.1) is 0 Å². The van der Waals surface area contributed by atoms with Gasteiger partial charge in [-0.2, -0.15) is 5.10 Å². The normalized spacial score (nSPS) is 11.6. The summed E-state index contributed by atoms with van der Waals surface area (Å²) in [5.41, 5.74) is 0.311. The van der Waals surface area contributed by atoms with Crippen molar-refractivity contribution >= 4 is 23.5 Å². The van der Waals surface area contributed by atoms with Crippen molar-refractivity contribution in [3.8, 4) is 0 Å². The first kappa shape index (κ1) is 17.7. The number of halogens is 1. The van der Waals surface area contributed by atoms with E-state index in [-0.39, 0.29) is 17.7 Å². The molecule has 1 atom stereocenters. The number of carbonyl (C=O) groups is 2. The van der Waals surface area contributed by atoms with E-state index < -0.39 is 17.9 Å². The van der Waals surface area contributed by atoms with E-state index in [0.29, 0.717) is 10.6 Å². The first-order valence-corrected chi connectivity index (χ1v) is 7.46. The zero-order valence-electron chi connectivity index (χ0n) is 13.2. The number of nitrogens with zero attached hydrogens (tertiary/aromatic N) is 2. The van der Waals surface area contributed by atoms with Crippen LogP contribution in [0.4, 0.5) is 0 Å². The molecule has 0 aliphatic rings. The number of hydrogen-bond donors (Lipinski definition) is 1. The number of benzene rings is 1. The van der Waals surface area contributed by atoms with Crippen molar-refractivity contribution in [3.05, 3.63) is 63.0 Å². The van der Waals surface area contributed by atoms with E-state index in [1.54, 1.807) is 24.3 Å². The lowest BCUT2D eigenvalue weighted by Gasteiger charge is -2.19. The minimum atomic E-state index is -0.683. The summed E-state index contributed by atoms with van der Waals surface area (Å²) in [4.78, 5) is 35.4. The van der Waals surface area contributed by atoms with Gasteiger partial charge in [0.15, 0.2) is 0 Å². The Kier molecular flexibility index (Phi) is 5.70. The van der Waals surface area contributed by atoms with Crippen LogP contribution >= 0.6 is 11.6 Å². The number of hydrogen-bond acceptors (Lipinski definition) is 5. The van der Waals surface area contributed by atoms with Gasteiger partial charge in [0.1, 0.15) is 5.69 Å². The van der Waals surface area contributed by atoms with Gasteiger partial charge < -0.3 is 10.1 Å². The Morgan fingerprint density at radius 3 is 2.62 bits per heavy atom. The minimum Gasteiger partial charge on any atom is -0.469 e. The Bertz CT molecular complexity index is 819. The number of amides is 1. The first-order valence-electron chi connectivity index (χ1n) is 7.09. The first-order chi connectivity index (χ1) is 11.4. The van der Waals surface area contributed by atoms with Gasteiger partial charge in [-0.25, -0.2) is 4.68 Å². The van der Waals surface area contributed by atoms with E-state index in [1.165, 1.54) is 26.3 Å². The van der Waals surface area contributed by atoms with Crippen LogP contribution in [0.1, 0.15) is 28.5 Å². The standard InChI is InChI=1S/C16H16ClN3O4/c1-20-14(21)8-7-12(19-20)16(23)18-13(9-15(22)24-2)10-5-3-4-6-11(10)17/h3-8,13H,9H2,1-2H3,(H,18,23). The molecule has 8 heteroatoms. The van der Waals surface area contributed by atoms with Crippen LogP contribution in [-0.2, 0) is 16.6 Å². The highest BCUT2D eigenvalue weighted by Crippen LogP contribution is 2.25. The Morgan fingerprint density at radius 1 is 1.29 bits per heavy atom. The molecule has 0 saturated heterocycles. The number of ether oxygens (including phenoxy) is 1. The molecular weight excluding hydrogens is 334 g/mol. The highest BCUT2D eigenvalue weighted by molar-refractivity contribution is 6.31. The molecule has 0 bridgehead atoms. The molecule has 2 aromatic rings. The fourth-order valence-corrected chi connectivity index (χ4v) is 2.37. The smallest absolute Gasteiger partial charge is 0.307 e. The average molecular weight is 350 g/mol. The number of aromatic nitrogens is 2. The van der Waals surface area contributed by atoms with Crippen molar-refractivity contribution in [2.45, 2.75) is 12.5 Å². The summed E-state index contributed by atoms with van der Waals surface area (Å²) in [6.45, 7) is 0. The second-order valence-electron chi connectivity index (χ2n) is 5.01. The van der Waals surface area contributed by atoms with Crippen LogP contribution in [0.3, 0.4) is 0 Å². The zero-order valence-corrected chi connectivity index (χ0v) is 13.9. The van der Waals surface area contributed by atoms with Crippen LogP contribution in [-0.4, -0.2) is 28.8 Å². The van der Waals surface area contributed by atoms with E-state index in [4.69, 9.17) is 11.6 Å². The van der Waals surface area contributed by atoms with E-state index in [0.717, 1.165) is 4.68 Å². The summed E-state index contributed by atoms with van der Waals surface area (Å²) in [5.74, 6) is -1.02. The fourth-order valence-electron chi connectivity index (χ4n) is 2.10. The van der Waals surface area contributed by atoms with E-state index in [1.807, 2.05) is 0 Å². The molecule has 2 rings (SSSR count). The molecule has 0 saturated carbocycles. The lowest BCUT2D eigenvalue weighted by atomic mass is 10.0. The van der Waals surface area contributed by atoms with E-state index in [2.05, 4.69) is 15.2 Å². The van der Waals surface area contributed by atoms with Crippen LogP contribution in [0.5, 0.6) is 0 Å². The average Bonchev–Trinajstić information content (AvgIpc) is 2.57. The molecule has 1 unspecified atom stereocenters. The predicted octanol–water partition coefficient (Wildman–Crippen LogP) is 1.47. The van der Waals surface area contributed by atoms with E-state index >= 15 is 0 Å². The maximum Gasteiger partial charge on any atom is 0.307 e. The molecule has 24 heavy (non-hydrogen) atoms. The summed E-state index contributed by atoms with van der Waals surface area (Å²) < 4.78 is 5.73. The van der Waals surface area contributed by atoms with Gasteiger partial charge >= 0.3 is 5.97 Å². The Labute approximate surface area is 143 Å². The molecule has 0 fully saturated rings. The molecule has 1 amide bonds. The van der Waals surface area contributed by atoms with Crippen molar-refractivity contribution < 1.29 is 14.3 Å². The molecule has 1 aromatic carbocycles. The van der Waals surface area contributed by atoms with Crippen LogP contribution in [0.25, 0.3) is 0 Å². The number of esters is 1. The quantitative estimate of drug-likeness (QED) is 0.825. The summed E-state index contributed by atoms with van der Waals surface area (Å²) in [5, 5.41) is 7.00. The van der Waals surface area contributed by atoms with Gasteiger partial charge in [0.2, 0.25) is 0 Å². The van der Waals surface area contributed by atoms with Gasteiger partial charge in [-0.05, 0) is 17.7 Å². The summed E-state index contributed by atoms with van der Waals surface area (Å²) in [6.07, 6.45) is -0.0856. The van der Waals surface area contributed by atoms with E-state index in [9.17, 15) is 14.4 Å². The molecule has 126 valence electrons. The lowest BCUT2D eigenvalue weighted by molar-refractivity contribution is -0.141. The Hall–Kier alpha value is -2.67. The third-order valence-corrected chi connectivity index (χ3v) is 3.72. The van der Waals surface area contributed by atoms with Crippen LogP contribution in [0.15, 0.2) is 41.2 Å². The summed E-state index contributed by atoms with van der Waals surface area (Å²) in [7, 11) is 2.71. The highest BCUT2D eigenvalue weighted by atomic mass is 35.5. The topological polar surface area (TPSA) is 90.3 Å². The molecule has 7 nitrogen and oxygen atoms in total. The lowest BCUT2D eigenvalue weighted by Crippen LogP contribution is -2.33. The number of aryl methyl sites for hydroxylation is 1. The molecule has 1 heterocycles. The highest BCUT2D eigenvalue weighted by Gasteiger charge is 2.22. The number of carbonyl (C=O) groups excluding carboxylic acids is 2. The fraction of sp³-hybridized carbons (Fsp3) is 0.250. The van der Waals surface area contributed by atoms with Gasteiger partial charge in [0.25, 0.3) is 11.5 Å². The summed E-state index contributed by atoms with van der Waals surface area (Å²) in [6, 6.07) is 8.76. The minimum absolute atomic E-state index is 0.0546. The molecule has 0 aliphatic carbocycles. The van der Waals surface area contributed by atoms with Crippen molar-refractivity contribution in [1.82, 2.24) is 15.1 Å². The molecule has 1 aromatic heterocycles. The van der Waals surface area contributed by atoms with Gasteiger partial charge in [-0.3, -0.25) is 14.4 Å². The maximum absolute atomic E-state index is 12.4. The second kappa shape index (κ2) is 7.74. The van der Waals surface area contributed by atoms with Crippen molar-refractivity contribution in [2.24, 2.45) is 7.05 Å². The SMILES string of the molecule is COC(=O)CC(NC(=O)c1ccc(=O)n(C)n1)c1ccccc1Cl. The van der Waals surface area contributed by atoms with Gasteiger partial charge in [-0.15, -0.1) is 0 Å². The zero-order chi connectivity index (χ0) is 17.7. The van der Waals surface area contributed by atoms with Crippen LogP contribution in [0.2, 0.25) is 5.02 Å². The number of rotatable bonds is 5. The number of methoxy groups -OCH3 is 1.